The second-order valence-electron chi connectivity index (χ2n) is 4.70. The number of Topliss-reactive ketones (excluding diaryl/α,β-unsaturated/α-hetero) is 1. The highest BCUT2D eigenvalue weighted by molar-refractivity contribution is 5.85. The average Bonchev–Trinajstić information content (AvgIpc) is 1.98. The molecule has 1 aliphatic rings. The zero-order valence-electron chi connectivity index (χ0n) is 9.25. The summed E-state index contributed by atoms with van der Waals surface area (Å²) in [6, 6.07) is 0. The summed E-state index contributed by atoms with van der Waals surface area (Å²) in [5, 5.41) is 0. The first-order chi connectivity index (χ1) is 6.78. The lowest BCUT2D eigenvalue weighted by Gasteiger charge is -2.30. The number of ether oxygens (including phenoxy) is 1. The maximum absolute atomic E-state index is 13.0. The molecule has 0 radical (unpaired) electrons. The number of carbonyl (C=O) groups excluding carboxylic acids is 2. The van der Waals surface area contributed by atoms with E-state index in [2.05, 4.69) is 0 Å². The van der Waals surface area contributed by atoms with Gasteiger partial charge in [0.15, 0.2) is 5.78 Å². The summed E-state index contributed by atoms with van der Waals surface area (Å²) in [5.41, 5.74) is -0.622. The van der Waals surface area contributed by atoms with Crippen LogP contribution in [0.4, 0.5) is 9.18 Å². The zero-order valence-corrected chi connectivity index (χ0v) is 9.25. The first-order valence-electron chi connectivity index (χ1n) is 4.91. The van der Waals surface area contributed by atoms with Crippen LogP contribution < -0.4 is 0 Å². The minimum atomic E-state index is -1.27. The first kappa shape index (κ1) is 11.9. The summed E-state index contributed by atoms with van der Waals surface area (Å²) in [6.45, 7) is 5.08. The van der Waals surface area contributed by atoms with Gasteiger partial charge in [-0.15, -0.1) is 0 Å². The van der Waals surface area contributed by atoms with Crippen molar-refractivity contribution in [1.29, 1.82) is 0 Å². The van der Waals surface area contributed by atoms with Gasteiger partial charge >= 0.3 is 6.09 Å². The summed E-state index contributed by atoms with van der Waals surface area (Å²) >= 11 is 0. The minimum absolute atomic E-state index is 0.0463. The average molecular weight is 217 g/mol. The lowest BCUT2D eigenvalue weighted by molar-refractivity contribution is -0.124. The topological polar surface area (TPSA) is 46.6 Å². The second kappa shape index (κ2) is 4.16. The van der Waals surface area contributed by atoms with Crippen LogP contribution in [0.25, 0.3) is 0 Å². The molecule has 5 heteroatoms. The molecule has 1 aliphatic heterocycles. The van der Waals surface area contributed by atoms with E-state index in [0.29, 0.717) is 0 Å². The molecule has 0 unspecified atom stereocenters. The van der Waals surface area contributed by atoms with Gasteiger partial charge in [-0.3, -0.25) is 9.69 Å². The Morgan fingerprint density at radius 2 is 2.13 bits per heavy atom. The molecule has 0 aromatic heterocycles. The number of halogens is 1. The third kappa shape index (κ3) is 3.85. The highest BCUT2D eigenvalue weighted by Gasteiger charge is 2.31. The number of piperidine rings is 1. The number of nitrogens with zero attached hydrogens (tertiary/aromatic N) is 1. The van der Waals surface area contributed by atoms with E-state index in [1.165, 1.54) is 0 Å². The van der Waals surface area contributed by atoms with Gasteiger partial charge < -0.3 is 4.74 Å². The maximum Gasteiger partial charge on any atom is 0.410 e. The number of carbonyl (C=O) groups is 2. The van der Waals surface area contributed by atoms with Crippen molar-refractivity contribution < 1.29 is 18.7 Å². The van der Waals surface area contributed by atoms with Gasteiger partial charge in [-0.25, -0.2) is 9.18 Å². The molecule has 1 atom stereocenters. The van der Waals surface area contributed by atoms with Gasteiger partial charge in [0.1, 0.15) is 11.8 Å². The third-order valence-corrected chi connectivity index (χ3v) is 1.89. The molecular formula is C10H16FNO3. The third-order valence-electron chi connectivity index (χ3n) is 1.89. The van der Waals surface area contributed by atoms with Gasteiger partial charge in [0.25, 0.3) is 0 Å². The van der Waals surface area contributed by atoms with Gasteiger partial charge in [-0.1, -0.05) is 0 Å². The van der Waals surface area contributed by atoms with Crippen molar-refractivity contribution in [2.24, 2.45) is 0 Å². The van der Waals surface area contributed by atoms with Crippen molar-refractivity contribution in [1.82, 2.24) is 4.90 Å². The quantitative estimate of drug-likeness (QED) is 0.618. The van der Waals surface area contributed by atoms with E-state index in [9.17, 15) is 14.0 Å². The van der Waals surface area contributed by atoms with E-state index in [1.54, 1.807) is 20.8 Å². The second-order valence-corrected chi connectivity index (χ2v) is 4.70. The van der Waals surface area contributed by atoms with Gasteiger partial charge in [0.05, 0.1) is 13.1 Å². The van der Waals surface area contributed by atoms with Crippen LogP contribution >= 0.6 is 0 Å². The SMILES string of the molecule is CC(C)(C)OC(=O)N1CC(=O)C[C@@H](F)C1. The minimum Gasteiger partial charge on any atom is -0.444 e. The standard InChI is InChI=1S/C10H16FNO3/c1-10(2,3)15-9(14)12-5-7(11)4-8(13)6-12/h7H,4-6H2,1-3H3/t7-/m1/s1. The Morgan fingerprint density at radius 3 is 2.60 bits per heavy atom. The molecule has 0 aromatic carbocycles. The lowest BCUT2D eigenvalue weighted by atomic mass is 10.1. The van der Waals surface area contributed by atoms with Crippen molar-refractivity contribution in [3.63, 3.8) is 0 Å². The molecule has 0 aliphatic carbocycles. The fourth-order valence-electron chi connectivity index (χ4n) is 1.36. The summed E-state index contributed by atoms with van der Waals surface area (Å²) < 4.78 is 18.0. The van der Waals surface area contributed by atoms with Crippen molar-refractivity contribution in [3.8, 4) is 0 Å². The van der Waals surface area contributed by atoms with E-state index >= 15 is 0 Å². The maximum atomic E-state index is 13.0. The van der Waals surface area contributed by atoms with Crippen LogP contribution in [-0.4, -0.2) is 41.6 Å². The first-order valence-corrected chi connectivity index (χ1v) is 4.91. The molecule has 15 heavy (non-hydrogen) atoms. The normalized spacial score (nSPS) is 22.8. The van der Waals surface area contributed by atoms with Crippen molar-refractivity contribution in [2.45, 2.75) is 39.0 Å². The number of rotatable bonds is 0. The van der Waals surface area contributed by atoms with E-state index < -0.39 is 17.9 Å². The van der Waals surface area contributed by atoms with Gasteiger partial charge in [-0.05, 0) is 20.8 Å². The van der Waals surface area contributed by atoms with Crippen LogP contribution in [0.5, 0.6) is 0 Å². The van der Waals surface area contributed by atoms with Crippen molar-refractivity contribution in [2.75, 3.05) is 13.1 Å². The van der Waals surface area contributed by atoms with Gasteiger partial charge in [-0.2, -0.15) is 0 Å². The monoisotopic (exact) mass is 217 g/mol. The smallest absolute Gasteiger partial charge is 0.410 e. The molecule has 1 saturated heterocycles. The predicted octanol–water partition coefficient (Wildman–Crippen LogP) is 1.53. The van der Waals surface area contributed by atoms with E-state index in [1.807, 2.05) is 0 Å². The number of amides is 1. The molecular weight excluding hydrogens is 201 g/mol. The van der Waals surface area contributed by atoms with Crippen molar-refractivity contribution in [3.05, 3.63) is 0 Å². The fraction of sp³-hybridized carbons (Fsp3) is 0.800. The Balaban J connectivity index is 2.56. The highest BCUT2D eigenvalue weighted by Crippen LogP contribution is 2.15. The molecule has 0 N–H and O–H groups in total. The van der Waals surface area contributed by atoms with Crippen LogP contribution in [0, 0.1) is 0 Å². The molecule has 86 valence electrons. The van der Waals surface area contributed by atoms with Crippen LogP contribution in [0.15, 0.2) is 0 Å². The van der Waals surface area contributed by atoms with Gasteiger partial charge in [0, 0.05) is 6.42 Å². The Morgan fingerprint density at radius 1 is 1.53 bits per heavy atom. The van der Waals surface area contributed by atoms with Crippen LogP contribution in [0.1, 0.15) is 27.2 Å². The molecule has 1 rings (SSSR count). The van der Waals surface area contributed by atoms with E-state index in [-0.39, 0.29) is 25.3 Å². The summed E-state index contributed by atoms with van der Waals surface area (Å²) in [7, 11) is 0. The fourth-order valence-corrected chi connectivity index (χ4v) is 1.36. The van der Waals surface area contributed by atoms with Gasteiger partial charge in [0.2, 0.25) is 0 Å². The zero-order chi connectivity index (χ0) is 11.6. The summed E-state index contributed by atoms with van der Waals surface area (Å²) in [4.78, 5) is 23.7. The van der Waals surface area contributed by atoms with Crippen molar-refractivity contribution >= 4 is 11.9 Å². The summed E-state index contributed by atoms with van der Waals surface area (Å²) in [6.07, 6.45) is -1.99. The number of alkyl halides is 1. The predicted molar refractivity (Wildman–Crippen MR) is 52.3 cm³/mol. The molecule has 1 heterocycles. The van der Waals surface area contributed by atoms with Crippen LogP contribution in [0.3, 0.4) is 0 Å². The Hall–Kier alpha value is -1.13. The number of ketones is 1. The lowest BCUT2D eigenvalue weighted by Crippen LogP contribution is -2.47. The molecule has 1 amide bonds. The largest absolute Gasteiger partial charge is 0.444 e. The number of hydrogen-bond donors (Lipinski definition) is 0. The molecule has 1 fully saturated rings. The van der Waals surface area contributed by atoms with Crippen LogP contribution in [0.2, 0.25) is 0 Å². The number of likely N-dealkylation sites (tertiary alicyclic amines) is 1. The molecule has 4 nitrogen and oxygen atoms in total. The van der Waals surface area contributed by atoms with E-state index in [4.69, 9.17) is 4.74 Å². The molecule has 0 aromatic rings. The summed E-state index contributed by atoms with van der Waals surface area (Å²) in [5.74, 6) is -0.264. The Kier molecular flexibility index (Phi) is 3.31. The van der Waals surface area contributed by atoms with E-state index in [0.717, 1.165) is 4.90 Å². The molecule has 0 spiro atoms. The molecule has 0 bridgehead atoms. The number of hydrogen-bond acceptors (Lipinski definition) is 3. The Bertz CT molecular complexity index is 272. The highest BCUT2D eigenvalue weighted by atomic mass is 19.1. The molecule has 0 saturated carbocycles. The Labute approximate surface area is 88.4 Å². The van der Waals surface area contributed by atoms with Crippen LogP contribution in [-0.2, 0) is 9.53 Å².